The molecule has 1 heterocycles. The number of benzene rings is 1. The van der Waals surface area contributed by atoms with Gasteiger partial charge < -0.3 is 14.7 Å². The van der Waals surface area contributed by atoms with Gasteiger partial charge in [0.25, 0.3) is 6.57 Å². The lowest BCUT2D eigenvalue weighted by Crippen LogP contribution is -2.32. The lowest BCUT2D eigenvalue weighted by atomic mass is 10.3. The molecule has 0 fully saturated rings. The predicted octanol–water partition coefficient (Wildman–Crippen LogP) is 2.71. The smallest absolute Gasteiger partial charge is 0.300 e. The lowest BCUT2D eigenvalue weighted by Gasteiger charge is -2.29. The van der Waals surface area contributed by atoms with Crippen LogP contribution in [0.3, 0.4) is 0 Å². The van der Waals surface area contributed by atoms with Crippen molar-refractivity contribution in [1.82, 2.24) is 10.2 Å². The normalized spacial score (nSPS) is 24.1. The summed E-state index contributed by atoms with van der Waals surface area (Å²) in [6.45, 7) is -0.405. The van der Waals surface area contributed by atoms with Crippen LogP contribution in [0.4, 0.5) is 0 Å². The van der Waals surface area contributed by atoms with E-state index in [9.17, 15) is 0 Å². The van der Waals surface area contributed by atoms with Crippen molar-refractivity contribution in [3.63, 3.8) is 0 Å². The molecule has 0 bridgehead atoms. The largest absolute Gasteiger partial charge is 0.433 e. The summed E-state index contributed by atoms with van der Waals surface area (Å²) < 4.78 is 5.76. The van der Waals surface area contributed by atoms with Crippen molar-refractivity contribution < 1.29 is 4.52 Å². The summed E-state index contributed by atoms with van der Waals surface area (Å²) in [4.78, 5) is 0.621. The Morgan fingerprint density at radius 3 is 2.50 bits per heavy atom. The number of allylic oxidation sites excluding steroid dienone is 1. The van der Waals surface area contributed by atoms with Gasteiger partial charge in [-0.05, 0) is 36.9 Å². The summed E-state index contributed by atoms with van der Waals surface area (Å²) >= 11 is 10.5. The molecule has 2 rings (SSSR count). The standard InChI is InChI=1S/C10H11N2OPS2/c1-8-7-10(15)12-14(16,11-8)13-9-5-3-2-4-6-9/h2-7H,1H3,(H2,11,12,15,16). The maximum absolute atomic E-state index is 5.76. The summed E-state index contributed by atoms with van der Waals surface area (Å²) in [5.41, 5.74) is 0.933. The van der Waals surface area contributed by atoms with E-state index in [1.807, 2.05) is 43.3 Å². The number of hydrogen-bond donors (Lipinski definition) is 2. The fourth-order valence-corrected chi connectivity index (χ4v) is 4.51. The zero-order chi connectivity index (χ0) is 11.6. The molecule has 0 amide bonds. The van der Waals surface area contributed by atoms with Gasteiger partial charge in [-0.1, -0.05) is 30.4 Å². The van der Waals surface area contributed by atoms with E-state index < -0.39 is 6.57 Å². The number of para-hydroxylation sites is 1. The van der Waals surface area contributed by atoms with Gasteiger partial charge in [0.2, 0.25) is 0 Å². The van der Waals surface area contributed by atoms with Crippen LogP contribution in [-0.2, 0) is 11.8 Å². The van der Waals surface area contributed by atoms with Gasteiger partial charge in [-0.25, -0.2) is 0 Å². The van der Waals surface area contributed by atoms with Gasteiger partial charge in [0.05, 0.1) is 0 Å². The van der Waals surface area contributed by atoms with Gasteiger partial charge >= 0.3 is 0 Å². The molecule has 1 atom stereocenters. The third kappa shape index (κ3) is 2.82. The van der Waals surface area contributed by atoms with Crippen LogP contribution in [0.2, 0.25) is 0 Å². The zero-order valence-electron chi connectivity index (χ0n) is 8.64. The van der Waals surface area contributed by atoms with E-state index in [1.54, 1.807) is 0 Å². The van der Waals surface area contributed by atoms with E-state index in [2.05, 4.69) is 10.2 Å². The second-order valence-electron chi connectivity index (χ2n) is 3.37. The molecule has 1 aromatic rings. The van der Waals surface area contributed by atoms with E-state index in [4.69, 9.17) is 28.5 Å². The summed E-state index contributed by atoms with van der Waals surface area (Å²) in [7, 11) is 0. The third-order valence-corrected chi connectivity index (χ3v) is 4.70. The second kappa shape index (κ2) is 4.53. The number of thiocarbonyl (C=S) groups is 1. The van der Waals surface area contributed by atoms with Crippen molar-refractivity contribution in [2.45, 2.75) is 6.92 Å². The van der Waals surface area contributed by atoms with Crippen molar-refractivity contribution in [2.24, 2.45) is 0 Å². The Morgan fingerprint density at radius 2 is 1.88 bits per heavy atom. The van der Waals surface area contributed by atoms with Crippen molar-refractivity contribution in [1.29, 1.82) is 0 Å². The van der Waals surface area contributed by atoms with Gasteiger partial charge in [0.15, 0.2) is 0 Å². The van der Waals surface area contributed by atoms with Crippen LogP contribution in [0.15, 0.2) is 42.1 Å². The molecule has 3 nitrogen and oxygen atoms in total. The summed E-state index contributed by atoms with van der Waals surface area (Å²) in [6.07, 6.45) is 1.83. The molecule has 1 aliphatic heterocycles. The molecule has 0 aromatic heterocycles. The lowest BCUT2D eigenvalue weighted by molar-refractivity contribution is 0.596. The van der Waals surface area contributed by atoms with Gasteiger partial charge in [0.1, 0.15) is 10.7 Å². The molecule has 16 heavy (non-hydrogen) atoms. The highest BCUT2D eigenvalue weighted by Gasteiger charge is 2.23. The molecular formula is C10H11N2OPS2. The Balaban J connectivity index is 2.19. The predicted molar refractivity (Wildman–Crippen MR) is 74.0 cm³/mol. The monoisotopic (exact) mass is 270 g/mol. The second-order valence-corrected chi connectivity index (χ2v) is 7.09. The molecular weight excluding hydrogens is 259 g/mol. The molecule has 1 aromatic carbocycles. The number of nitrogens with one attached hydrogen (secondary N) is 2. The highest BCUT2D eigenvalue weighted by atomic mass is 32.4. The van der Waals surface area contributed by atoms with Crippen molar-refractivity contribution in [3.05, 3.63) is 42.1 Å². The van der Waals surface area contributed by atoms with E-state index >= 15 is 0 Å². The Labute approximate surface area is 105 Å². The molecule has 0 saturated carbocycles. The number of rotatable bonds is 2. The van der Waals surface area contributed by atoms with Crippen LogP contribution in [0, 0.1) is 0 Å². The summed E-state index contributed by atoms with van der Waals surface area (Å²) in [5, 5.41) is 6.16. The highest BCUT2D eigenvalue weighted by Crippen LogP contribution is 2.41. The minimum Gasteiger partial charge on any atom is -0.433 e. The first-order valence-corrected chi connectivity index (χ1v) is 7.84. The molecule has 6 heteroatoms. The topological polar surface area (TPSA) is 33.3 Å². The minimum absolute atomic E-state index is 0.621. The fourth-order valence-electron chi connectivity index (χ4n) is 1.34. The molecule has 0 spiro atoms. The van der Waals surface area contributed by atoms with Crippen LogP contribution in [0.1, 0.15) is 6.92 Å². The quantitative estimate of drug-likeness (QED) is 0.638. The van der Waals surface area contributed by atoms with E-state index in [0.717, 1.165) is 11.4 Å². The van der Waals surface area contributed by atoms with Crippen molar-refractivity contribution >= 4 is 35.6 Å². The zero-order valence-corrected chi connectivity index (χ0v) is 11.2. The van der Waals surface area contributed by atoms with Gasteiger partial charge in [-0.15, -0.1) is 0 Å². The molecule has 84 valence electrons. The molecule has 1 aliphatic rings. The van der Waals surface area contributed by atoms with E-state index in [1.165, 1.54) is 0 Å². The van der Waals surface area contributed by atoms with Crippen LogP contribution >= 0.6 is 18.8 Å². The molecule has 0 aliphatic carbocycles. The van der Waals surface area contributed by atoms with Gasteiger partial charge in [-0.2, -0.15) is 0 Å². The van der Waals surface area contributed by atoms with Crippen molar-refractivity contribution in [2.75, 3.05) is 0 Å². The van der Waals surface area contributed by atoms with Crippen LogP contribution < -0.4 is 14.7 Å². The Hall–Kier alpha value is -0.900. The third-order valence-electron chi connectivity index (χ3n) is 1.91. The first-order chi connectivity index (χ1) is 7.57. The molecule has 2 N–H and O–H groups in total. The Kier molecular flexibility index (Phi) is 3.28. The van der Waals surface area contributed by atoms with Crippen LogP contribution in [0.5, 0.6) is 5.75 Å². The van der Waals surface area contributed by atoms with E-state index in [0.29, 0.717) is 4.99 Å². The summed E-state index contributed by atoms with van der Waals surface area (Å²) in [5.74, 6) is 0.739. The SMILES string of the molecule is CC1=CC(=S)NP(=S)(Oc2ccccc2)N1. The van der Waals surface area contributed by atoms with Gasteiger partial charge in [-0.3, -0.25) is 0 Å². The van der Waals surface area contributed by atoms with Crippen LogP contribution in [0.25, 0.3) is 0 Å². The van der Waals surface area contributed by atoms with E-state index in [-0.39, 0.29) is 0 Å². The fraction of sp³-hybridized carbons (Fsp3) is 0.100. The maximum Gasteiger partial charge on any atom is 0.300 e. The van der Waals surface area contributed by atoms with Crippen molar-refractivity contribution in [3.8, 4) is 5.75 Å². The Morgan fingerprint density at radius 1 is 1.19 bits per heavy atom. The molecule has 0 radical (unpaired) electrons. The first-order valence-electron chi connectivity index (χ1n) is 4.71. The minimum atomic E-state index is -2.32. The molecule has 0 saturated heterocycles. The Bertz CT molecular complexity index is 487. The average Bonchev–Trinajstić information content (AvgIpc) is 2.15. The average molecular weight is 270 g/mol. The summed E-state index contributed by atoms with van der Waals surface area (Å²) in [6, 6.07) is 9.48. The maximum atomic E-state index is 5.76. The molecule has 1 unspecified atom stereocenters. The van der Waals surface area contributed by atoms with Gasteiger partial charge in [0, 0.05) is 5.70 Å². The highest BCUT2D eigenvalue weighted by molar-refractivity contribution is 8.11. The number of hydrogen-bond acceptors (Lipinski definition) is 3. The van der Waals surface area contributed by atoms with Crippen LogP contribution in [-0.4, -0.2) is 4.99 Å². The first kappa shape index (κ1) is 11.6.